The van der Waals surface area contributed by atoms with Crippen molar-refractivity contribution in [2.24, 2.45) is 5.41 Å². The predicted octanol–water partition coefficient (Wildman–Crippen LogP) is 0.814. The zero-order valence-corrected chi connectivity index (χ0v) is 12.3. The molecule has 0 aliphatic carbocycles. The molecule has 0 rings (SSSR count). The number of hydrogen-bond acceptors (Lipinski definition) is 3. The van der Waals surface area contributed by atoms with Crippen molar-refractivity contribution in [2.75, 3.05) is 6.54 Å². The Morgan fingerprint density at radius 2 is 1.61 bits per heavy atom. The monoisotopic (exact) mass is 258 g/mol. The molecule has 1 atom stereocenters. The minimum absolute atomic E-state index is 0.0624. The molecule has 0 aliphatic rings. The number of amides is 2. The Kier molecular flexibility index (Phi) is 5.80. The van der Waals surface area contributed by atoms with Crippen LogP contribution in [0.1, 0.15) is 48.0 Å². The minimum atomic E-state index is -0.710. The van der Waals surface area contributed by atoms with E-state index in [9.17, 15) is 9.59 Å². The van der Waals surface area contributed by atoms with Gasteiger partial charge in [0, 0.05) is 12.1 Å². The van der Waals surface area contributed by atoms with Crippen molar-refractivity contribution in [3.05, 3.63) is 0 Å². The van der Waals surface area contributed by atoms with E-state index in [1.807, 2.05) is 13.8 Å². The van der Waals surface area contributed by atoms with Gasteiger partial charge in [-0.25, -0.2) is 0 Å². The summed E-state index contributed by atoms with van der Waals surface area (Å²) in [6.45, 7) is 11.6. The van der Waals surface area contributed by atoms with Gasteiger partial charge in [0.15, 0.2) is 0 Å². The van der Waals surface area contributed by atoms with Crippen LogP contribution in [0.4, 0.5) is 0 Å². The van der Waals surface area contributed by atoms with Gasteiger partial charge >= 0.3 is 11.8 Å². The molecule has 0 saturated heterocycles. The van der Waals surface area contributed by atoms with E-state index >= 15 is 0 Å². The molecule has 5 nitrogen and oxygen atoms in total. The fourth-order valence-electron chi connectivity index (χ4n) is 2.05. The highest BCUT2D eigenvalue weighted by molar-refractivity contribution is 6.35. The number of carbonyl (C=O) groups is 2. The van der Waals surface area contributed by atoms with E-state index < -0.39 is 23.5 Å². The highest BCUT2D eigenvalue weighted by Gasteiger charge is 2.29. The normalized spacial score (nSPS) is 13.9. The molecule has 0 radical (unpaired) electrons. The molecule has 18 heavy (non-hydrogen) atoms. The SMILES string of the molecule is CC(O)CNC(=O)C(=O)NC(C)(C)CC(C)(C)C. The smallest absolute Gasteiger partial charge is 0.309 e. The van der Waals surface area contributed by atoms with Crippen LogP contribution >= 0.6 is 0 Å². The number of aliphatic hydroxyl groups excluding tert-OH is 1. The third-order valence-corrected chi connectivity index (χ3v) is 2.19. The quantitative estimate of drug-likeness (QED) is 0.653. The fraction of sp³-hybridized carbons (Fsp3) is 0.846. The van der Waals surface area contributed by atoms with Gasteiger partial charge in [-0.15, -0.1) is 0 Å². The highest BCUT2D eigenvalue weighted by atomic mass is 16.3. The molecule has 0 aromatic heterocycles. The van der Waals surface area contributed by atoms with Gasteiger partial charge in [0.25, 0.3) is 0 Å². The molecule has 0 aliphatic heterocycles. The lowest BCUT2D eigenvalue weighted by Gasteiger charge is -2.33. The van der Waals surface area contributed by atoms with Gasteiger partial charge in [0.2, 0.25) is 0 Å². The molecular weight excluding hydrogens is 232 g/mol. The van der Waals surface area contributed by atoms with E-state index in [1.54, 1.807) is 6.92 Å². The topological polar surface area (TPSA) is 78.4 Å². The van der Waals surface area contributed by atoms with E-state index in [1.165, 1.54) is 0 Å². The van der Waals surface area contributed by atoms with Gasteiger partial charge in [-0.3, -0.25) is 9.59 Å². The van der Waals surface area contributed by atoms with Crippen LogP contribution in [-0.4, -0.2) is 35.1 Å². The number of hydrogen-bond donors (Lipinski definition) is 3. The maximum atomic E-state index is 11.7. The van der Waals surface area contributed by atoms with Crippen molar-refractivity contribution in [1.82, 2.24) is 10.6 Å². The van der Waals surface area contributed by atoms with E-state index in [2.05, 4.69) is 31.4 Å². The molecule has 0 aromatic rings. The molecule has 0 spiro atoms. The Hall–Kier alpha value is -1.10. The summed E-state index contributed by atoms with van der Waals surface area (Å²) in [5.41, 5.74) is -0.385. The first-order chi connectivity index (χ1) is 7.93. The fourth-order valence-corrected chi connectivity index (χ4v) is 2.05. The molecule has 2 amide bonds. The third-order valence-electron chi connectivity index (χ3n) is 2.19. The largest absolute Gasteiger partial charge is 0.392 e. The Morgan fingerprint density at radius 3 is 2.00 bits per heavy atom. The second-order valence-corrected chi connectivity index (χ2v) is 6.63. The summed E-state index contributed by atoms with van der Waals surface area (Å²) in [5, 5.41) is 14.1. The maximum Gasteiger partial charge on any atom is 0.309 e. The van der Waals surface area contributed by atoms with Crippen molar-refractivity contribution < 1.29 is 14.7 Å². The molecule has 0 fully saturated rings. The summed E-state index contributed by atoms with van der Waals surface area (Å²) in [4.78, 5) is 23.1. The number of rotatable bonds is 4. The number of nitrogens with one attached hydrogen (secondary N) is 2. The Morgan fingerprint density at radius 1 is 1.11 bits per heavy atom. The molecule has 3 N–H and O–H groups in total. The van der Waals surface area contributed by atoms with Gasteiger partial charge in [-0.1, -0.05) is 20.8 Å². The summed E-state index contributed by atoms with van der Waals surface area (Å²) in [5.74, 6) is -1.37. The zero-order chi connectivity index (χ0) is 14.6. The van der Waals surface area contributed by atoms with Gasteiger partial charge in [-0.05, 0) is 32.6 Å². The van der Waals surface area contributed by atoms with Gasteiger partial charge < -0.3 is 15.7 Å². The van der Waals surface area contributed by atoms with Crippen LogP contribution in [0, 0.1) is 5.41 Å². The van der Waals surface area contributed by atoms with Gasteiger partial charge in [-0.2, -0.15) is 0 Å². The summed E-state index contributed by atoms with van der Waals surface area (Å²) in [6, 6.07) is 0. The summed E-state index contributed by atoms with van der Waals surface area (Å²) in [6.07, 6.45) is 0.0967. The lowest BCUT2D eigenvalue weighted by atomic mass is 9.82. The van der Waals surface area contributed by atoms with E-state index in [4.69, 9.17) is 5.11 Å². The zero-order valence-electron chi connectivity index (χ0n) is 12.3. The molecule has 0 heterocycles. The predicted molar refractivity (Wildman–Crippen MR) is 71.0 cm³/mol. The van der Waals surface area contributed by atoms with Crippen molar-refractivity contribution in [1.29, 1.82) is 0 Å². The first-order valence-corrected chi connectivity index (χ1v) is 6.21. The summed E-state index contributed by atoms with van der Waals surface area (Å²) < 4.78 is 0. The average Bonchev–Trinajstić information content (AvgIpc) is 2.08. The van der Waals surface area contributed by atoms with E-state index in [0.717, 1.165) is 6.42 Å². The lowest BCUT2D eigenvalue weighted by Crippen LogP contribution is -2.51. The number of carbonyl (C=O) groups excluding carboxylic acids is 2. The van der Waals surface area contributed by atoms with Crippen molar-refractivity contribution >= 4 is 11.8 Å². The van der Waals surface area contributed by atoms with Crippen LogP contribution in [0.2, 0.25) is 0 Å². The van der Waals surface area contributed by atoms with Crippen molar-refractivity contribution in [3.8, 4) is 0 Å². The van der Waals surface area contributed by atoms with Crippen LogP contribution in [0.5, 0.6) is 0 Å². The molecule has 0 bridgehead atoms. The van der Waals surface area contributed by atoms with Crippen molar-refractivity contribution in [3.63, 3.8) is 0 Å². The second-order valence-electron chi connectivity index (χ2n) is 6.63. The molecule has 0 aromatic carbocycles. The Bertz CT molecular complexity index is 304. The van der Waals surface area contributed by atoms with Crippen LogP contribution in [0.3, 0.4) is 0 Å². The van der Waals surface area contributed by atoms with Gasteiger partial charge in [0.1, 0.15) is 0 Å². The van der Waals surface area contributed by atoms with E-state index in [-0.39, 0.29) is 12.0 Å². The summed E-state index contributed by atoms with van der Waals surface area (Å²) in [7, 11) is 0. The Balaban J connectivity index is 4.33. The second kappa shape index (κ2) is 6.18. The minimum Gasteiger partial charge on any atom is -0.392 e. The van der Waals surface area contributed by atoms with Gasteiger partial charge in [0.05, 0.1) is 6.10 Å². The van der Waals surface area contributed by atoms with Crippen molar-refractivity contribution in [2.45, 2.75) is 59.6 Å². The van der Waals surface area contributed by atoms with E-state index in [0.29, 0.717) is 0 Å². The highest BCUT2D eigenvalue weighted by Crippen LogP contribution is 2.26. The third kappa shape index (κ3) is 8.06. The maximum absolute atomic E-state index is 11.7. The molecule has 1 unspecified atom stereocenters. The van der Waals surface area contributed by atoms with Crippen LogP contribution in [0.15, 0.2) is 0 Å². The first kappa shape index (κ1) is 16.9. The van der Waals surface area contributed by atoms with Crippen LogP contribution < -0.4 is 10.6 Å². The van der Waals surface area contributed by atoms with Crippen LogP contribution in [0.25, 0.3) is 0 Å². The Labute approximate surface area is 109 Å². The number of aliphatic hydroxyl groups is 1. The first-order valence-electron chi connectivity index (χ1n) is 6.21. The average molecular weight is 258 g/mol. The molecule has 5 heteroatoms. The lowest BCUT2D eigenvalue weighted by molar-refractivity contribution is -0.140. The molecule has 0 saturated carbocycles. The molecule has 106 valence electrons. The van der Waals surface area contributed by atoms with Crippen LogP contribution in [-0.2, 0) is 9.59 Å². The summed E-state index contributed by atoms with van der Waals surface area (Å²) >= 11 is 0. The molecular formula is C13H26N2O3. The standard InChI is InChI=1S/C13H26N2O3/c1-9(16)7-14-10(17)11(18)15-13(5,6)8-12(2,3)4/h9,16H,7-8H2,1-6H3,(H,14,17)(H,15,18).